The molecule has 106 valence electrons. The van der Waals surface area contributed by atoms with Gasteiger partial charge in [0.05, 0.1) is 0 Å². The van der Waals surface area contributed by atoms with Crippen LogP contribution in [0.25, 0.3) is 0 Å². The number of carbonyl (C=O) groups is 1. The van der Waals surface area contributed by atoms with Gasteiger partial charge in [-0.15, -0.1) is 0 Å². The summed E-state index contributed by atoms with van der Waals surface area (Å²) in [5.41, 5.74) is 0. The van der Waals surface area contributed by atoms with E-state index in [1.54, 1.807) is 4.90 Å². The molecule has 0 radical (unpaired) electrons. The van der Waals surface area contributed by atoms with Gasteiger partial charge in [-0.1, -0.05) is 6.42 Å². The van der Waals surface area contributed by atoms with Crippen molar-refractivity contribution < 1.29 is 9.00 Å². The molecular weight excluding hydrogens is 248 g/mol. The summed E-state index contributed by atoms with van der Waals surface area (Å²) in [6, 6.07) is 0.469. The fourth-order valence-corrected chi connectivity index (χ4v) is 4.09. The zero-order valence-electron chi connectivity index (χ0n) is 11.8. The lowest BCUT2D eigenvalue weighted by Crippen LogP contribution is -2.39. The molecule has 1 saturated carbocycles. The topological polar surface area (TPSA) is 49.4 Å². The van der Waals surface area contributed by atoms with Gasteiger partial charge in [-0.3, -0.25) is 9.00 Å². The van der Waals surface area contributed by atoms with Gasteiger partial charge in [-0.25, -0.2) is 0 Å². The molecule has 5 heteroatoms. The quantitative estimate of drug-likeness (QED) is 0.790. The van der Waals surface area contributed by atoms with Gasteiger partial charge >= 0.3 is 0 Å². The summed E-state index contributed by atoms with van der Waals surface area (Å²) in [6.07, 6.45) is 4.21. The third-order valence-electron chi connectivity index (χ3n) is 3.79. The van der Waals surface area contributed by atoms with Crippen LogP contribution in [0.3, 0.4) is 0 Å². The van der Waals surface area contributed by atoms with E-state index >= 15 is 0 Å². The lowest BCUT2D eigenvalue weighted by atomic mass is 9.95. The minimum absolute atomic E-state index is 0.0323. The number of hydrogen-bond donors (Lipinski definition) is 1. The molecular formula is C13H26N2O2S. The average Bonchev–Trinajstić information content (AvgIpc) is 2.40. The fraction of sp³-hybridized carbons (Fsp3) is 0.923. The predicted molar refractivity (Wildman–Crippen MR) is 76.0 cm³/mol. The molecule has 1 N–H and O–H groups in total. The van der Waals surface area contributed by atoms with Crippen LogP contribution >= 0.6 is 0 Å². The molecule has 0 aromatic heterocycles. The molecule has 0 saturated heterocycles. The Morgan fingerprint density at radius 1 is 1.33 bits per heavy atom. The molecule has 1 rings (SSSR count). The number of nitrogens with zero attached hydrogens (tertiary/aromatic N) is 1. The second-order valence-electron chi connectivity index (χ2n) is 4.87. The summed E-state index contributed by atoms with van der Waals surface area (Å²) in [5, 5.41) is 3.45. The van der Waals surface area contributed by atoms with Crippen LogP contribution in [0.1, 0.15) is 39.5 Å². The normalized spacial score (nSPS) is 25.7. The highest BCUT2D eigenvalue weighted by Crippen LogP contribution is 2.22. The van der Waals surface area contributed by atoms with Crippen LogP contribution in [0.4, 0.5) is 0 Å². The maximum Gasteiger partial charge on any atom is 0.235 e. The Labute approximate surface area is 113 Å². The number of hydrogen-bond acceptors (Lipinski definition) is 3. The molecule has 0 aliphatic heterocycles. The average molecular weight is 274 g/mol. The standard InChI is InChI=1S/C13H26N2O2S/c1-4-15(5-2)13(16)10-18(17)12-8-6-7-11(9-12)14-3/h11-12,14H,4-10H2,1-3H3. The first-order valence-electron chi connectivity index (χ1n) is 6.94. The van der Waals surface area contributed by atoms with Gasteiger partial charge in [0.1, 0.15) is 5.75 Å². The molecule has 4 nitrogen and oxygen atoms in total. The molecule has 0 aromatic carbocycles. The van der Waals surface area contributed by atoms with Crippen LogP contribution in [0.5, 0.6) is 0 Å². The predicted octanol–water partition coefficient (Wildman–Crippen LogP) is 1.13. The number of amides is 1. The highest BCUT2D eigenvalue weighted by atomic mass is 32.2. The van der Waals surface area contributed by atoms with Crippen molar-refractivity contribution in [3.63, 3.8) is 0 Å². The second-order valence-corrected chi connectivity index (χ2v) is 6.58. The maximum absolute atomic E-state index is 12.2. The zero-order chi connectivity index (χ0) is 13.5. The molecule has 0 aromatic rings. The van der Waals surface area contributed by atoms with Crippen LogP contribution in [0.2, 0.25) is 0 Å². The van der Waals surface area contributed by atoms with Gasteiger partial charge in [-0.05, 0) is 40.2 Å². The Hall–Kier alpha value is -0.420. The third kappa shape index (κ3) is 4.35. The Kier molecular flexibility index (Phi) is 6.86. The van der Waals surface area contributed by atoms with E-state index in [4.69, 9.17) is 0 Å². The summed E-state index contributed by atoms with van der Waals surface area (Å²) in [4.78, 5) is 13.7. The highest BCUT2D eigenvalue weighted by molar-refractivity contribution is 7.86. The Bertz CT molecular complexity index is 293. The van der Waals surface area contributed by atoms with E-state index in [2.05, 4.69) is 5.32 Å². The van der Waals surface area contributed by atoms with Crippen LogP contribution < -0.4 is 5.32 Å². The first kappa shape index (κ1) is 15.6. The van der Waals surface area contributed by atoms with Crippen molar-refractivity contribution in [2.45, 2.75) is 50.8 Å². The largest absolute Gasteiger partial charge is 0.342 e. The smallest absolute Gasteiger partial charge is 0.235 e. The first-order chi connectivity index (χ1) is 8.62. The van der Waals surface area contributed by atoms with Crippen molar-refractivity contribution >= 4 is 16.7 Å². The van der Waals surface area contributed by atoms with Crippen LogP contribution in [-0.2, 0) is 15.6 Å². The SMILES string of the molecule is CCN(CC)C(=O)CS(=O)C1CCCC(NC)C1. The molecule has 3 unspecified atom stereocenters. The van der Waals surface area contributed by atoms with Crippen LogP contribution in [0.15, 0.2) is 0 Å². The van der Waals surface area contributed by atoms with Crippen molar-refractivity contribution in [2.75, 3.05) is 25.9 Å². The summed E-state index contributed by atoms with van der Waals surface area (Å²) in [6.45, 7) is 5.33. The lowest BCUT2D eigenvalue weighted by Gasteiger charge is -2.28. The minimum Gasteiger partial charge on any atom is -0.342 e. The van der Waals surface area contributed by atoms with E-state index in [0.29, 0.717) is 19.1 Å². The van der Waals surface area contributed by atoms with Crippen molar-refractivity contribution in [3.05, 3.63) is 0 Å². The zero-order valence-corrected chi connectivity index (χ0v) is 12.6. The first-order valence-corrected chi connectivity index (χ1v) is 8.32. The fourth-order valence-electron chi connectivity index (χ4n) is 2.55. The maximum atomic E-state index is 12.2. The molecule has 1 amide bonds. The van der Waals surface area contributed by atoms with E-state index in [0.717, 1.165) is 25.7 Å². The summed E-state index contributed by atoms with van der Waals surface area (Å²) in [7, 11) is 0.942. The van der Waals surface area contributed by atoms with E-state index in [-0.39, 0.29) is 16.9 Å². The van der Waals surface area contributed by atoms with E-state index in [1.807, 2.05) is 20.9 Å². The van der Waals surface area contributed by atoms with Crippen LogP contribution in [-0.4, -0.2) is 52.2 Å². The Morgan fingerprint density at radius 3 is 2.56 bits per heavy atom. The lowest BCUT2D eigenvalue weighted by molar-refractivity contribution is -0.128. The number of nitrogens with one attached hydrogen (secondary N) is 1. The van der Waals surface area contributed by atoms with Gasteiger partial charge in [-0.2, -0.15) is 0 Å². The van der Waals surface area contributed by atoms with E-state index < -0.39 is 10.8 Å². The van der Waals surface area contributed by atoms with Gasteiger partial charge in [0.15, 0.2) is 0 Å². The third-order valence-corrected chi connectivity index (χ3v) is 5.49. The second kappa shape index (κ2) is 7.89. The van der Waals surface area contributed by atoms with Gasteiger partial charge in [0.25, 0.3) is 0 Å². The molecule has 18 heavy (non-hydrogen) atoms. The number of rotatable bonds is 6. The van der Waals surface area contributed by atoms with Crippen molar-refractivity contribution in [1.82, 2.24) is 10.2 Å². The highest BCUT2D eigenvalue weighted by Gasteiger charge is 2.27. The molecule has 1 aliphatic carbocycles. The van der Waals surface area contributed by atoms with Gasteiger partial charge < -0.3 is 10.2 Å². The van der Waals surface area contributed by atoms with E-state index in [1.165, 1.54) is 0 Å². The summed E-state index contributed by atoms with van der Waals surface area (Å²) >= 11 is 0. The monoisotopic (exact) mass is 274 g/mol. The van der Waals surface area contributed by atoms with Crippen molar-refractivity contribution in [2.24, 2.45) is 0 Å². The molecule has 1 aliphatic rings. The van der Waals surface area contributed by atoms with E-state index in [9.17, 15) is 9.00 Å². The van der Waals surface area contributed by atoms with Crippen molar-refractivity contribution in [3.8, 4) is 0 Å². The van der Waals surface area contributed by atoms with Crippen LogP contribution in [0, 0.1) is 0 Å². The van der Waals surface area contributed by atoms with Gasteiger partial charge in [0, 0.05) is 35.2 Å². The molecule has 0 bridgehead atoms. The van der Waals surface area contributed by atoms with Crippen molar-refractivity contribution in [1.29, 1.82) is 0 Å². The summed E-state index contributed by atoms with van der Waals surface area (Å²) in [5.74, 6) is 0.230. The summed E-state index contributed by atoms with van der Waals surface area (Å²) < 4.78 is 12.2. The van der Waals surface area contributed by atoms with Gasteiger partial charge in [0.2, 0.25) is 5.91 Å². The minimum atomic E-state index is -1.01. The molecule has 0 heterocycles. The Balaban J connectivity index is 2.47. The Morgan fingerprint density at radius 2 is 2.00 bits per heavy atom. The molecule has 1 fully saturated rings. The molecule has 0 spiro atoms. The number of carbonyl (C=O) groups excluding carboxylic acids is 1. The molecule has 3 atom stereocenters.